The second-order valence-electron chi connectivity index (χ2n) is 8.36. The lowest BCUT2D eigenvalue weighted by molar-refractivity contribution is -0.127. The Kier molecular flexibility index (Phi) is 6.73. The van der Waals surface area contributed by atoms with Crippen molar-refractivity contribution in [2.24, 2.45) is 13.0 Å². The second-order valence-corrected chi connectivity index (χ2v) is 8.80. The molecular formula is C25H29ClN4O. The molecule has 3 heterocycles. The van der Waals surface area contributed by atoms with Crippen molar-refractivity contribution in [3.8, 4) is 0 Å². The van der Waals surface area contributed by atoms with Gasteiger partial charge in [-0.15, -0.1) is 0 Å². The van der Waals surface area contributed by atoms with Crippen molar-refractivity contribution in [3.63, 3.8) is 0 Å². The highest BCUT2D eigenvalue weighted by Gasteiger charge is 2.28. The fraction of sp³-hybridized carbons (Fsp3) is 0.360. The van der Waals surface area contributed by atoms with Crippen molar-refractivity contribution in [2.45, 2.75) is 32.4 Å². The first-order chi connectivity index (χ1) is 15.0. The maximum Gasteiger partial charge on any atom is 0.224 e. The molecule has 5 nitrogen and oxygen atoms in total. The van der Waals surface area contributed by atoms with Gasteiger partial charge in [-0.25, -0.2) is 0 Å². The third-order valence-corrected chi connectivity index (χ3v) is 6.46. The molecule has 1 aliphatic rings. The summed E-state index contributed by atoms with van der Waals surface area (Å²) in [6.45, 7) is 4.81. The van der Waals surface area contributed by atoms with Crippen LogP contribution in [0.5, 0.6) is 0 Å². The van der Waals surface area contributed by atoms with Crippen molar-refractivity contribution in [1.29, 1.82) is 0 Å². The molecule has 31 heavy (non-hydrogen) atoms. The summed E-state index contributed by atoms with van der Waals surface area (Å²) >= 11 is 6.09. The maximum atomic E-state index is 13.2. The van der Waals surface area contributed by atoms with Gasteiger partial charge in [0, 0.05) is 42.6 Å². The lowest BCUT2D eigenvalue weighted by Gasteiger charge is -2.32. The second kappa shape index (κ2) is 9.67. The number of carbonyl (C=O) groups is 1. The average molecular weight is 437 g/mol. The van der Waals surface area contributed by atoms with Gasteiger partial charge in [-0.1, -0.05) is 29.8 Å². The molecule has 1 N–H and O–H groups in total. The van der Waals surface area contributed by atoms with Crippen molar-refractivity contribution in [3.05, 3.63) is 88.5 Å². The van der Waals surface area contributed by atoms with Crippen LogP contribution in [-0.2, 0) is 18.4 Å². The summed E-state index contributed by atoms with van der Waals surface area (Å²) in [5, 5.41) is 3.96. The van der Waals surface area contributed by atoms with Crippen LogP contribution in [0.4, 0.5) is 0 Å². The summed E-state index contributed by atoms with van der Waals surface area (Å²) in [6, 6.07) is 15.5. The molecule has 0 bridgehead atoms. The molecule has 1 aromatic carbocycles. The van der Waals surface area contributed by atoms with Gasteiger partial charge in [-0.05, 0) is 74.3 Å². The minimum atomic E-state index is -0.285. The molecule has 3 aromatic rings. The van der Waals surface area contributed by atoms with Gasteiger partial charge in [0.15, 0.2) is 0 Å². The first-order valence-electron chi connectivity index (χ1n) is 10.8. The summed E-state index contributed by atoms with van der Waals surface area (Å²) < 4.78 is 2.16. The molecule has 4 rings (SSSR count). The highest BCUT2D eigenvalue weighted by molar-refractivity contribution is 6.30. The molecular weight excluding hydrogens is 408 g/mol. The first kappa shape index (κ1) is 21.6. The van der Waals surface area contributed by atoms with Gasteiger partial charge < -0.3 is 9.88 Å². The Morgan fingerprint density at radius 1 is 1.16 bits per heavy atom. The minimum absolute atomic E-state index is 0.0171. The number of hydrogen-bond acceptors (Lipinski definition) is 3. The van der Waals surface area contributed by atoms with Crippen LogP contribution in [-0.4, -0.2) is 33.4 Å². The fourth-order valence-electron chi connectivity index (χ4n) is 4.27. The van der Waals surface area contributed by atoms with Gasteiger partial charge >= 0.3 is 0 Å². The van der Waals surface area contributed by atoms with Gasteiger partial charge in [0.2, 0.25) is 5.91 Å². The van der Waals surface area contributed by atoms with E-state index in [1.807, 2.05) is 43.3 Å². The molecule has 1 fully saturated rings. The Bertz CT molecular complexity index is 1020. The predicted molar refractivity (Wildman–Crippen MR) is 124 cm³/mol. The number of aryl methyl sites for hydroxylation is 2. The normalized spacial score (nSPS) is 16.2. The summed E-state index contributed by atoms with van der Waals surface area (Å²) in [5.41, 5.74) is 4.22. The standard InChI is InChI=1S/C25H29ClN4O/c1-18-5-3-13-27-23(18)24(19-7-9-21(26)10-8-19)28-25(31)20-11-15-30(16-12-20)17-22-6-4-14-29(22)2/h3-10,13-14,20,24H,11-12,15-17H2,1-2H3,(H,28,31). The van der Waals surface area contributed by atoms with Gasteiger partial charge in [0.1, 0.15) is 0 Å². The molecule has 1 unspecified atom stereocenters. The molecule has 1 amide bonds. The molecule has 0 spiro atoms. The summed E-state index contributed by atoms with van der Waals surface area (Å²) in [4.78, 5) is 20.2. The largest absolute Gasteiger partial charge is 0.353 e. The number of likely N-dealkylation sites (tertiary alicyclic amines) is 1. The van der Waals surface area contributed by atoms with E-state index in [0.717, 1.165) is 49.3 Å². The van der Waals surface area contributed by atoms with E-state index in [0.29, 0.717) is 5.02 Å². The Balaban J connectivity index is 1.44. The molecule has 1 aliphatic heterocycles. The Hall–Kier alpha value is -2.63. The first-order valence-corrected chi connectivity index (χ1v) is 11.2. The molecule has 1 saturated heterocycles. The number of piperidine rings is 1. The average Bonchev–Trinajstić information content (AvgIpc) is 3.18. The fourth-order valence-corrected chi connectivity index (χ4v) is 4.39. The number of aromatic nitrogens is 2. The smallest absolute Gasteiger partial charge is 0.224 e. The third-order valence-electron chi connectivity index (χ3n) is 6.21. The van der Waals surface area contributed by atoms with E-state index in [1.165, 1.54) is 5.69 Å². The molecule has 162 valence electrons. The Morgan fingerprint density at radius 3 is 2.55 bits per heavy atom. The molecule has 0 saturated carbocycles. The van der Waals surface area contributed by atoms with Crippen LogP contribution in [0.3, 0.4) is 0 Å². The highest BCUT2D eigenvalue weighted by Crippen LogP contribution is 2.26. The van der Waals surface area contributed by atoms with Gasteiger partial charge in [-0.2, -0.15) is 0 Å². The van der Waals surface area contributed by atoms with Crippen LogP contribution in [0.25, 0.3) is 0 Å². The lowest BCUT2D eigenvalue weighted by atomic mass is 9.93. The van der Waals surface area contributed by atoms with Crippen LogP contribution in [0.15, 0.2) is 60.9 Å². The summed E-state index contributed by atoms with van der Waals surface area (Å²) in [5.74, 6) is 0.118. The van der Waals surface area contributed by atoms with Crippen LogP contribution >= 0.6 is 11.6 Å². The molecule has 0 radical (unpaired) electrons. The van der Waals surface area contributed by atoms with E-state index in [1.54, 1.807) is 6.20 Å². The van der Waals surface area contributed by atoms with Gasteiger partial charge in [0.05, 0.1) is 11.7 Å². The number of rotatable bonds is 6. The van der Waals surface area contributed by atoms with Crippen LogP contribution < -0.4 is 5.32 Å². The van der Waals surface area contributed by atoms with Crippen molar-refractivity contribution in [2.75, 3.05) is 13.1 Å². The number of halogens is 1. The quantitative estimate of drug-likeness (QED) is 0.619. The topological polar surface area (TPSA) is 50.2 Å². The molecule has 1 atom stereocenters. The number of carbonyl (C=O) groups excluding carboxylic acids is 1. The minimum Gasteiger partial charge on any atom is -0.353 e. The number of nitrogens with one attached hydrogen (secondary N) is 1. The number of hydrogen-bond donors (Lipinski definition) is 1. The van der Waals surface area contributed by atoms with Gasteiger partial charge in [-0.3, -0.25) is 14.7 Å². The molecule has 0 aliphatic carbocycles. The van der Waals surface area contributed by atoms with Crippen molar-refractivity contribution < 1.29 is 4.79 Å². The van der Waals surface area contributed by atoms with E-state index in [-0.39, 0.29) is 17.9 Å². The summed E-state index contributed by atoms with van der Waals surface area (Å²) in [7, 11) is 2.08. The maximum absolute atomic E-state index is 13.2. The van der Waals surface area contributed by atoms with Crippen molar-refractivity contribution >= 4 is 17.5 Å². The van der Waals surface area contributed by atoms with Crippen LogP contribution in [0, 0.1) is 12.8 Å². The van der Waals surface area contributed by atoms with Gasteiger partial charge in [0.25, 0.3) is 0 Å². The Morgan fingerprint density at radius 2 is 1.90 bits per heavy atom. The Labute approximate surface area is 189 Å². The SMILES string of the molecule is Cc1cccnc1C(NC(=O)C1CCN(Cc2cccn2C)CC1)c1ccc(Cl)cc1. The van der Waals surface area contributed by atoms with E-state index >= 15 is 0 Å². The molecule has 6 heteroatoms. The van der Waals surface area contributed by atoms with Crippen LogP contribution in [0.2, 0.25) is 5.02 Å². The molecule has 2 aromatic heterocycles. The summed E-state index contributed by atoms with van der Waals surface area (Å²) in [6.07, 6.45) is 5.58. The number of benzene rings is 1. The van der Waals surface area contributed by atoms with E-state index in [2.05, 4.69) is 45.1 Å². The number of nitrogens with zero attached hydrogens (tertiary/aromatic N) is 3. The monoisotopic (exact) mass is 436 g/mol. The number of amides is 1. The van der Waals surface area contributed by atoms with E-state index in [9.17, 15) is 4.79 Å². The third kappa shape index (κ3) is 5.17. The zero-order chi connectivity index (χ0) is 21.8. The number of pyridine rings is 1. The predicted octanol–water partition coefficient (Wildman–Crippen LogP) is 4.50. The van der Waals surface area contributed by atoms with E-state index in [4.69, 9.17) is 11.6 Å². The van der Waals surface area contributed by atoms with Crippen LogP contribution in [0.1, 0.15) is 41.4 Å². The highest BCUT2D eigenvalue weighted by atomic mass is 35.5. The van der Waals surface area contributed by atoms with Crippen molar-refractivity contribution in [1.82, 2.24) is 19.8 Å². The zero-order valence-corrected chi connectivity index (χ0v) is 18.8. The van der Waals surface area contributed by atoms with E-state index < -0.39 is 0 Å². The lowest BCUT2D eigenvalue weighted by Crippen LogP contribution is -2.42. The zero-order valence-electron chi connectivity index (χ0n) is 18.1.